The third-order valence-corrected chi connectivity index (χ3v) is 2.43. The minimum absolute atomic E-state index is 0.0986. The van der Waals surface area contributed by atoms with Crippen LogP contribution in [0.15, 0.2) is 18.2 Å². The Balaban J connectivity index is 3.17. The molecule has 0 aliphatic heterocycles. The highest BCUT2D eigenvalue weighted by Gasteiger charge is 2.39. The Morgan fingerprint density at radius 3 is 2.35 bits per heavy atom. The molecule has 0 aliphatic rings. The van der Waals surface area contributed by atoms with Crippen LogP contribution in [-0.4, -0.2) is 12.6 Å². The molecule has 0 aromatic heterocycles. The average Bonchev–Trinajstić information content (AvgIpc) is 2.14. The summed E-state index contributed by atoms with van der Waals surface area (Å²) in [5.74, 6) is -2.79. The predicted octanol–water partition coefficient (Wildman–Crippen LogP) is 3.22. The highest BCUT2D eigenvalue weighted by Crippen LogP contribution is 2.40. The largest absolute Gasteiger partial charge is 0.496 e. The van der Waals surface area contributed by atoms with E-state index in [0.29, 0.717) is 0 Å². The van der Waals surface area contributed by atoms with E-state index in [1.54, 1.807) is 32.9 Å². The fraction of sp³-hybridized carbons (Fsp3) is 0.538. The zero-order valence-corrected chi connectivity index (χ0v) is 10.7. The molecule has 1 aromatic rings. The number of benzene rings is 1. The molecule has 0 amide bonds. The second-order valence-electron chi connectivity index (χ2n) is 5.07. The zero-order chi connectivity index (χ0) is 13.3. The summed E-state index contributed by atoms with van der Waals surface area (Å²) >= 11 is 0. The maximum atomic E-state index is 14.1. The highest BCUT2D eigenvalue weighted by atomic mass is 19.3. The van der Waals surface area contributed by atoms with Crippen molar-refractivity contribution in [3.63, 3.8) is 0 Å². The van der Waals surface area contributed by atoms with Crippen molar-refractivity contribution in [2.24, 2.45) is 5.73 Å². The van der Waals surface area contributed by atoms with Crippen LogP contribution in [-0.2, 0) is 5.92 Å². The van der Waals surface area contributed by atoms with Gasteiger partial charge in [-0.3, -0.25) is 0 Å². The first kappa shape index (κ1) is 13.9. The van der Waals surface area contributed by atoms with E-state index < -0.39 is 17.9 Å². The SMILES string of the molecule is COc1ccc(C)cc1C(F)(F)CC(C)(C)N. The van der Waals surface area contributed by atoms with Crippen molar-refractivity contribution in [1.82, 2.24) is 0 Å². The van der Waals surface area contributed by atoms with Gasteiger partial charge in [0.1, 0.15) is 5.75 Å². The first-order valence-electron chi connectivity index (χ1n) is 5.47. The molecule has 0 fully saturated rings. The smallest absolute Gasteiger partial charge is 0.278 e. The minimum atomic E-state index is -2.99. The molecule has 0 atom stereocenters. The molecule has 1 rings (SSSR count). The topological polar surface area (TPSA) is 35.2 Å². The number of ether oxygens (including phenoxy) is 1. The lowest BCUT2D eigenvalue weighted by Crippen LogP contribution is -2.38. The summed E-state index contributed by atoms with van der Waals surface area (Å²) in [5, 5.41) is 0. The van der Waals surface area contributed by atoms with Gasteiger partial charge in [0.05, 0.1) is 12.7 Å². The number of aryl methyl sites for hydroxylation is 1. The third kappa shape index (κ3) is 3.66. The van der Waals surface area contributed by atoms with Crippen molar-refractivity contribution in [2.45, 2.75) is 38.7 Å². The Kier molecular flexibility index (Phi) is 3.77. The lowest BCUT2D eigenvalue weighted by molar-refractivity contribution is -0.0314. The maximum absolute atomic E-state index is 14.1. The van der Waals surface area contributed by atoms with Gasteiger partial charge in [0.15, 0.2) is 0 Å². The van der Waals surface area contributed by atoms with Gasteiger partial charge >= 0.3 is 0 Å². The Labute approximate surface area is 101 Å². The van der Waals surface area contributed by atoms with Crippen molar-refractivity contribution in [3.05, 3.63) is 29.3 Å². The van der Waals surface area contributed by atoms with E-state index in [1.165, 1.54) is 13.2 Å². The molecule has 0 unspecified atom stereocenters. The van der Waals surface area contributed by atoms with E-state index in [-0.39, 0.29) is 11.3 Å². The van der Waals surface area contributed by atoms with E-state index in [2.05, 4.69) is 0 Å². The minimum Gasteiger partial charge on any atom is -0.496 e. The molecular formula is C13H19F2NO. The Bertz CT molecular complexity index is 397. The molecule has 17 heavy (non-hydrogen) atoms. The van der Waals surface area contributed by atoms with E-state index in [4.69, 9.17) is 10.5 Å². The van der Waals surface area contributed by atoms with Gasteiger partial charge in [-0.05, 0) is 32.9 Å². The van der Waals surface area contributed by atoms with Crippen molar-refractivity contribution in [3.8, 4) is 5.75 Å². The molecule has 96 valence electrons. The average molecular weight is 243 g/mol. The van der Waals surface area contributed by atoms with Crippen LogP contribution in [0.2, 0.25) is 0 Å². The molecule has 0 spiro atoms. The van der Waals surface area contributed by atoms with Crippen LogP contribution in [0, 0.1) is 6.92 Å². The number of halogens is 2. The number of alkyl halides is 2. The van der Waals surface area contributed by atoms with Crippen molar-refractivity contribution < 1.29 is 13.5 Å². The summed E-state index contributed by atoms with van der Waals surface area (Å²) < 4.78 is 33.2. The Hall–Kier alpha value is -1.16. The van der Waals surface area contributed by atoms with Gasteiger partial charge in [-0.2, -0.15) is 0 Å². The van der Waals surface area contributed by atoms with Gasteiger partial charge < -0.3 is 10.5 Å². The van der Waals surface area contributed by atoms with Crippen molar-refractivity contribution in [2.75, 3.05) is 7.11 Å². The fourth-order valence-corrected chi connectivity index (χ4v) is 1.78. The standard InChI is InChI=1S/C13H19F2NO/c1-9-5-6-11(17-4)10(7-9)13(14,15)8-12(2,3)16/h5-7H,8,16H2,1-4H3. The van der Waals surface area contributed by atoms with Crippen LogP contribution in [0.4, 0.5) is 8.78 Å². The van der Waals surface area contributed by atoms with Crippen LogP contribution in [0.5, 0.6) is 5.75 Å². The Morgan fingerprint density at radius 2 is 1.88 bits per heavy atom. The molecule has 0 saturated carbocycles. The van der Waals surface area contributed by atoms with E-state index >= 15 is 0 Å². The molecule has 0 heterocycles. The molecule has 1 aromatic carbocycles. The molecule has 0 radical (unpaired) electrons. The number of methoxy groups -OCH3 is 1. The third-order valence-electron chi connectivity index (χ3n) is 2.43. The van der Waals surface area contributed by atoms with Crippen LogP contribution < -0.4 is 10.5 Å². The summed E-state index contributed by atoms with van der Waals surface area (Å²) in [7, 11) is 1.39. The lowest BCUT2D eigenvalue weighted by Gasteiger charge is -2.27. The summed E-state index contributed by atoms with van der Waals surface area (Å²) in [6.45, 7) is 4.94. The first-order valence-corrected chi connectivity index (χ1v) is 5.47. The zero-order valence-electron chi connectivity index (χ0n) is 10.7. The number of nitrogens with two attached hydrogens (primary N) is 1. The van der Waals surface area contributed by atoms with Crippen LogP contribution >= 0.6 is 0 Å². The summed E-state index contributed by atoms with van der Waals surface area (Å²) in [5.41, 5.74) is 5.41. The predicted molar refractivity (Wildman–Crippen MR) is 64.5 cm³/mol. The quantitative estimate of drug-likeness (QED) is 0.881. The van der Waals surface area contributed by atoms with Gasteiger partial charge in [-0.15, -0.1) is 0 Å². The van der Waals surface area contributed by atoms with Gasteiger partial charge in [0.25, 0.3) is 5.92 Å². The molecule has 2 nitrogen and oxygen atoms in total. The number of hydrogen-bond donors (Lipinski definition) is 1. The molecule has 0 bridgehead atoms. The second-order valence-corrected chi connectivity index (χ2v) is 5.07. The van der Waals surface area contributed by atoms with E-state index in [9.17, 15) is 8.78 Å². The fourth-order valence-electron chi connectivity index (χ4n) is 1.78. The van der Waals surface area contributed by atoms with E-state index in [1.807, 2.05) is 0 Å². The van der Waals surface area contributed by atoms with Crippen LogP contribution in [0.3, 0.4) is 0 Å². The molecule has 0 saturated heterocycles. The Morgan fingerprint density at radius 1 is 1.29 bits per heavy atom. The van der Waals surface area contributed by atoms with Gasteiger partial charge in [-0.25, -0.2) is 8.78 Å². The maximum Gasteiger partial charge on any atom is 0.278 e. The first-order chi connectivity index (χ1) is 7.65. The summed E-state index contributed by atoms with van der Waals surface area (Å²) in [6.07, 6.45) is -0.417. The van der Waals surface area contributed by atoms with Gasteiger partial charge in [0.2, 0.25) is 0 Å². The van der Waals surface area contributed by atoms with Crippen molar-refractivity contribution in [1.29, 1.82) is 0 Å². The summed E-state index contributed by atoms with van der Waals surface area (Å²) in [6, 6.07) is 4.75. The van der Waals surface area contributed by atoms with E-state index in [0.717, 1.165) is 5.56 Å². The molecule has 2 N–H and O–H groups in total. The van der Waals surface area contributed by atoms with Crippen LogP contribution in [0.25, 0.3) is 0 Å². The van der Waals surface area contributed by atoms with Crippen LogP contribution in [0.1, 0.15) is 31.4 Å². The van der Waals surface area contributed by atoms with Crippen molar-refractivity contribution >= 4 is 0 Å². The van der Waals surface area contributed by atoms with Gasteiger partial charge in [0, 0.05) is 12.0 Å². The van der Waals surface area contributed by atoms with Gasteiger partial charge in [-0.1, -0.05) is 11.6 Å². The second kappa shape index (κ2) is 4.61. The monoisotopic (exact) mass is 243 g/mol. The highest BCUT2D eigenvalue weighted by molar-refractivity contribution is 5.40. The molecule has 0 aliphatic carbocycles. The molecular weight excluding hydrogens is 224 g/mol. The summed E-state index contributed by atoms with van der Waals surface area (Å²) in [4.78, 5) is 0. The number of rotatable bonds is 4. The normalized spacial score (nSPS) is 12.6. The lowest BCUT2D eigenvalue weighted by atomic mass is 9.92. The number of hydrogen-bond acceptors (Lipinski definition) is 2. The molecule has 4 heteroatoms.